The highest BCUT2D eigenvalue weighted by molar-refractivity contribution is 5.38. The van der Waals surface area contributed by atoms with Gasteiger partial charge >= 0.3 is 0 Å². The number of rotatable bonds is 5. The second-order valence-corrected chi connectivity index (χ2v) is 5.82. The molecule has 1 unspecified atom stereocenters. The van der Waals surface area contributed by atoms with Crippen LogP contribution in [-0.2, 0) is 6.54 Å². The number of nitrogens with one attached hydrogen (secondary N) is 2. The van der Waals surface area contributed by atoms with Gasteiger partial charge in [-0.2, -0.15) is 5.10 Å². The quantitative estimate of drug-likeness (QED) is 0.882. The molecule has 0 radical (unpaired) electrons. The van der Waals surface area contributed by atoms with Crippen molar-refractivity contribution in [3.8, 4) is 0 Å². The molecular weight excluding hydrogens is 276 g/mol. The average Bonchev–Trinajstić information content (AvgIpc) is 2.57. The second-order valence-electron chi connectivity index (χ2n) is 5.82. The van der Waals surface area contributed by atoms with Crippen LogP contribution in [0.4, 0.5) is 5.69 Å². The van der Waals surface area contributed by atoms with E-state index in [1.807, 2.05) is 30.3 Å². The van der Waals surface area contributed by atoms with Crippen molar-refractivity contribution in [2.24, 2.45) is 5.92 Å². The molecule has 5 nitrogen and oxygen atoms in total. The Kier molecular flexibility index (Phi) is 4.85. The van der Waals surface area contributed by atoms with Crippen LogP contribution in [0.3, 0.4) is 0 Å². The lowest BCUT2D eigenvalue weighted by Crippen LogP contribution is -2.33. The molecule has 1 aliphatic heterocycles. The minimum Gasteiger partial charge on any atom is -0.383 e. The molecule has 116 valence electrons. The smallest absolute Gasteiger partial charge is 0.269 e. The van der Waals surface area contributed by atoms with E-state index < -0.39 is 0 Å². The molecule has 0 bridgehead atoms. The first-order valence-electron chi connectivity index (χ1n) is 7.87. The summed E-state index contributed by atoms with van der Waals surface area (Å²) in [6.45, 7) is 3.56. The van der Waals surface area contributed by atoms with Crippen molar-refractivity contribution in [2.45, 2.75) is 19.4 Å². The first-order chi connectivity index (χ1) is 10.8. The van der Waals surface area contributed by atoms with Gasteiger partial charge in [-0.25, -0.2) is 4.68 Å². The van der Waals surface area contributed by atoms with Gasteiger partial charge in [-0.05, 0) is 37.4 Å². The first kappa shape index (κ1) is 14.8. The summed E-state index contributed by atoms with van der Waals surface area (Å²) in [5.41, 5.74) is 1.81. The maximum Gasteiger partial charge on any atom is 0.269 e. The molecule has 1 atom stereocenters. The molecule has 0 spiro atoms. The van der Waals surface area contributed by atoms with E-state index in [-0.39, 0.29) is 5.56 Å². The molecule has 3 rings (SSSR count). The lowest BCUT2D eigenvalue weighted by atomic mass is 10.00. The molecule has 2 heterocycles. The van der Waals surface area contributed by atoms with Crippen molar-refractivity contribution in [3.63, 3.8) is 0 Å². The van der Waals surface area contributed by atoms with Gasteiger partial charge in [-0.1, -0.05) is 30.3 Å². The summed E-state index contributed by atoms with van der Waals surface area (Å²) in [6, 6.07) is 11.5. The number of benzene rings is 1. The Morgan fingerprint density at radius 1 is 1.32 bits per heavy atom. The van der Waals surface area contributed by atoms with Crippen molar-refractivity contribution in [2.75, 3.05) is 25.0 Å². The third kappa shape index (κ3) is 3.95. The normalized spacial score (nSPS) is 18.1. The fraction of sp³-hybridized carbons (Fsp3) is 0.412. The van der Waals surface area contributed by atoms with Gasteiger partial charge in [0.15, 0.2) is 0 Å². The predicted octanol–water partition coefficient (Wildman–Crippen LogP) is 1.70. The topological polar surface area (TPSA) is 59.0 Å². The molecule has 22 heavy (non-hydrogen) atoms. The molecule has 2 N–H and O–H groups in total. The average molecular weight is 298 g/mol. The summed E-state index contributed by atoms with van der Waals surface area (Å²) in [7, 11) is 0. The van der Waals surface area contributed by atoms with Gasteiger partial charge in [0.25, 0.3) is 5.56 Å². The van der Waals surface area contributed by atoms with E-state index in [0.717, 1.165) is 30.9 Å². The molecule has 1 fully saturated rings. The van der Waals surface area contributed by atoms with Crippen LogP contribution in [0.1, 0.15) is 18.4 Å². The van der Waals surface area contributed by atoms with Gasteiger partial charge in [0.05, 0.1) is 18.4 Å². The highest BCUT2D eigenvalue weighted by Crippen LogP contribution is 2.11. The molecule has 5 heteroatoms. The van der Waals surface area contributed by atoms with Crippen LogP contribution >= 0.6 is 0 Å². The van der Waals surface area contributed by atoms with Gasteiger partial charge in [0.1, 0.15) is 0 Å². The summed E-state index contributed by atoms with van der Waals surface area (Å²) >= 11 is 0. The van der Waals surface area contributed by atoms with Gasteiger partial charge in [0.2, 0.25) is 0 Å². The van der Waals surface area contributed by atoms with Crippen LogP contribution in [-0.4, -0.2) is 29.4 Å². The summed E-state index contributed by atoms with van der Waals surface area (Å²) in [6.07, 6.45) is 4.20. The number of hydrogen-bond acceptors (Lipinski definition) is 4. The van der Waals surface area contributed by atoms with Gasteiger partial charge in [-0.3, -0.25) is 4.79 Å². The Morgan fingerprint density at radius 3 is 2.91 bits per heavy atom. The van der Waals surface area contributed by atoms with Crippen LogP contribution in [0, 0.1) is 5.92 Å². The third-order valence-corrected chi connectivity index (χ3v) is 4.04. The standard InChI is InChI=1S/C17H22N4O/c22-17-9-16(19-11-15-7-4-8-18-10-15)12-20-21(17)13-14-5-2-1-3-6-14/h1-3,5-6,9,12,15,18-19H,4,7-8,10-11,13H2. The fourth-order valence-electron chi connectivity index (χ4n) is 2.77. The second kappa shape index (κ2) is 7.22. The van der Waals surface area contributed by atoms with Crippen LogP contribution in [0.5, 0.6) is 0 Å². The van der Waals surface area contributed by atoms with E-state index in [4.69, 9.17) is 0 Å². The first-order valence-corrected chi connectivity index (χ1v) is 7.87. The number of hydrogen-bond donors (Lipinski definition) is 2. The van der Waals surface area contributed by atoms with Gasteiger partial charge in [0, 0.05) is 12.6 Å². The predicted molar refractivity (Wildman–Crippen MR) is 88.1 cm³/mol. The fourth-order valence-corrected chi connectivity index (χ4v) is 2.77. The number of anilines is 1. The number of piperidine rings is 1. The number of aromatic nitrogens is 2. The molecule has 0 saturated carbocycles. The van der Waals surface area contributed by atoms with E-state index in [1.54, 1.807) is 12.3 Å². The minimum atomic E-state index is -0.0735. The SMILES string of the molecule is O=c1cc(NCC2CCCNC2)cnn1Cc1ccccc1. The van der Waals surface area contributed by atoms with Crippen LogP contribution in [0.15, 0.2) is 47.4 Å². The lowest BCUT2D eigenvalue weighted by Gasteiger charge is -2.23. The van der Waals surface area contributed by atoms with Crippen molar-refractivity contribution in [1.29, 1.82) is 0 Å². The van der Waals surface area contributed by atoms with E-state index >= 15 is 0 Å². The minimum absolute atomic E-state index is 0.0735. The van der Waals surface area contributed by atoms with Crippen LogP contribution in [0.25, 0.3) is 0 Å². The van der Waals surface area contributed by atoms with E-state index in [1.165, 1.54) is 17.5 Å². The van der Waals surface area contributed by atoms with E-state index in [2.05, 4.69) is 15.7 Å². The summed E-state index contributed by atoms with van der Waals surface area (Å²) in [5.74, 6) is 0.625. The molecule has 2 aromatic rings. The van der Waals surface area contributed by atoms with E-state index in [0.29, 0.717) is 12.5 Å². The molecule has 0 aliphatic carbocycles. The zero-order valence-corrected chi connectivity index (χ0v) is 12.7. The number of nitrogens with zero attached hydrogens (tertiary/aromatic N) is 2. The summed E-state index contributed by atoms with van der Waals surface area (Å²) < 4.78 is 1.49. The molecule has 1 saturated heterocycles. The molecule has 0 amide bonds. The lowest BCUT2D eigenvalue weighted by molar-refractivity contribution is 0.393. The largest absolute Gasteiger partial charge is 0.383 e. The Balaban J connectivity index is 1.60. The van der Waals surface area contributed by atoms with Crippen molar-refractivity contribution in [1.82, 2.24) is 15.1 Å². The van der Waals surface area contributed by atoms with Gasteiger partial charge in [-0.15, -0.1) is 0 Å². The maximum atomic E-state index is 12.1. The monoisotopic (exact) mass is 298 g/mol. The van der Waals surface area contributed by atoms with Gasteiger partial charge < -0.3 is 10.6 Å². The van der Waals surface area contributed by atoms with Crippen LogP contribution < -0.4 is 16.2 Å². The zero-order valence-electron chi connectivity index (χ0n) is 12.7. The zero-order chi connectivity index (χ0) is 15.2. The Hall–Kier alpha value is -2.14. The third-order valence-electron chi connectivity index (χ3n) is 4.04. The molecule has 1 aromatic carbocycles. The van der Waals surface area contributed by atoms with E-state index in [9.17, 15) is 4.79 Å². The van der Waals surface area contributed by atoms with Crippen molar-refractivity contribution < 1.29 is 0 Å². The highest BCUT2D eigenvalue weighted by Gasteiger charge is 2.12. The summed E-state index contributed by atoms with van der Waals surface area (Å²) in [4.78, 5) is 12.1. The maximum absolute atomic E-state index is 12.1. The summed E-state index contributed by atoms with van der Waals surface area (Å²) in [5, 5.41) is 11.0. The van der Waals surface area contributed by atoms with Crippen molar-refractivity contribution >= 4 is 5.69 Å². The molecular formula is C17H22N4O. The Labute approximate surface area is 130 Å². The Bertz CT molecular complexity index is 647. The molecule has 1 aliphatic rings. The highest BCUT2D eigenvalue weighted by atomic mass is 16.1. The Morgan fingerprint density at radius 2 is 2.18 bits per heavy atom. The van der Waals surface area contributed by atoms with Crippen molar-refractivity contribution in [3.05, 3.63) is 58.5 Å². The van der Waals surface area contributed by atoms with Crippen LogP contribution in [0.2, 0.25) is 0 Å². The molecule has 1 aromatic heterocycles.